The van der Waals surface area contributed by atoms with E-state index in [0.717, 1.165) is 38.2 Å². The Labute approximate surface area is 165 Å². The van der Waals surface area contributed by atoms with Crippen LogP contribution in [0.15, 0.2) is 18.3 Å². The third kappa shape index (κ3) is 3.05. The molecule has 3 aliphatic heterocycles. The van der Waals surface area contributed by atoms with Crippen LogP contribution in [0.3, 0.4) is 0 Å². The molecule has 3 saturated heterocycles. The van der Waals surface area contributed by atoms with E-state index in [1.165, 1.54) is 6.20 Å². The molecule has 4 atom stereocenters. The highest BCUT2D eigenvalue weighted by Crippen LogP contribution is 2.55. The maximum Gasteiger partial charge on any atom is 0.337 e. The maximum absolute atomic E-state index is 12.5. The van der Waals surface area contributed by atoms with E-state index in [4.69, 9.17) is 9.84 Å². The fraction of sp³-hybridized carbons (Fsp3) is 0.667. The number of carbonyl (C=O) groups is 2. The van der Waals surface area contributed by atoms with Gasteiger partial charge in [-0.1, -0.05) is 20.8 Å². The second-order valence-corrected chi connectivity index (χ2v) is 9.07. The number of carbonyl (C=O) groups excluding carboxylic acids is 1. The number of aromatic carboxylic acids is 1. The first-order chi connectivity index (χ1) is 13.3. The zero-order chi connectivity index (χ0) is 20.1. The van der Waals surface area contributed by atoms with Crippen molar-refractivity contribution in [1.29, 1.82) is 0 Å². The minimum atomic E-state index is -0.969. The summed E-state index contributed by atoms with van der Waals surface area (Å²) in [4.78, 5) is 30.1. The van der Waals surface area contributed by atoms with Crippen LogP contribution >= 0.6 is 0 Å². The van der Waals surface area contributed by atoms with Crippen molar-refractivity contribution in [3.63, 3.8) is 0 Å². The van der Waals surface area contributed by atoms with Gasteiger partial charge in [-0.15, -0.1) is 0 Å². The van der Waals surface area contributed by atoms with Crippen LogP contribution in [0.4, 0.5) is 5.82 Å². The van der Waals surface area contributed by atoms with E-state index in [1.807, 2.05) is 20.8 Å². The molecule has 0 unspecified atom stereocenters. The van der Waals surface area contributed by atoms with E-state index < -0.39 is 5.97 Å². The van der Waals surface area contributed by atoms with Crippen molar-refractivity contribution >= 4 is 17.7 Å². The first kappa shape index (κ1) is 19.2. The van der Waals surface area contributed by atoms with Crippen LogP contribution in [0.1, 0.15) is 50.4 Å². The minimum absolute atomic E-state index is 0.104. The van der Waals surface area contributed by atoms with E-state index >= 15 is 0 Å². The summed E-state index contributed by atoms with van der Waals surface area (Å²) in [5.74, 6) is 0.595. The molecule has 1 aromatic heterocycles. The summed E-state index contributed by atoms with van der Waals surface area (Å²) in [5.41, 5.74) is -0.320. The van der Waals surface area contributed by atoms with Gasteiger partial charge >= 0.3 is 5.97 Å². The average molecular weight is 387 g/mol. The number of nitrogens with zero attached hydrogens (tertiary/aromatic N) is 2. The molecule has 28 heavy (non-hydrogen) atoms. The van der Waals surface area contributed by atoms with E-state index in [-0.39, 0.29) is 28.6 Å². The number of ether oxygens (including phenoxy) is 1. The summed E-state index contributed by atoms with van der Waals surface area (Å²) in [6.07, 6.45) is 4.51. The number of amides is 1. The lowest BCUT2D eigenvalue weighted by molar-refractivity contribution is -0.129. The number of carboxylic acids is 1. The van der Waals surface area contributed by atoms with Crippen molar-refractivity contribution < 1.29 is 19.4 Å². The van der Waals surface area contributed by atoms with Crippen molar-refractivity contribution in [2.45, 2.75) is 51.7 Å². The summed E-state index contributed by atoms with van der Waals surface area (Å²) in [7, 11) is 0. The molecular weight excluding hydrogens is 358 g/mol. The Kier molecular flexibility index (Phi) is 4.61. The molecule has 3 fully saturated rings. The molecule has 1 spiro atoms. The molecule has 0 radical (unpaired) electrons. The number of hydrogen-bond donors (Lipinski definition) is 2. The van der Waals surface area contributed by atoms with E-state index in [9.17, 15) is 9.59 Å². The van der Waals surface area contributed by atoms with E-state index in [0.29, 0.717) is 18.4 Å². The second kappa shape index (κ2) is 6.72. The highest BCUT2D eigenvalue weighted by Gasteiger charge is 2.63. The Morgan fingerprint density at radius 1 is 1.43 bits per heavy atom. The Hall–Kier alpha value is -2.15. The summed E-state index contributed by atoms with van der Waals surface area (Å²) >= 11 is 0. The van der Waals surface area contributed by atoms with Crippen LogP contribution in [-0.4, -0.2) is 53.3 Å². The smallest absolute Gasteiger partial charge is 0.337 e. The van der Waals surface area contributed by atoms with Crippen LogP contribution in [-0.2, 0) is 9.53 Å². The van der Waals surface area contributed by atoms with Gasteiger partial charge in [0.1, 0.15) is 5.82 Å². The molecule has 152 valence electrons. The van der Waals surface area contributed by atoms with Crippen LogP contribution in [0.5, 0.6) is 0 Å². The molecule has 4 heterocycles. The molecule has 3 aliphatic rings. The number of hydrogen-bond acceptors (Lipinski definition) is 5. The molecule has 1 amide bonds. The highest BCUT2D eigenvalue weighted by atomic mass is 16.5. The summed E-state index contributed by atoms with van der Waals surface area (Å²) < 4.78 is 6.44. The molecule has 0 saturated carbocycles. The van der Waals surface area contributed by atoms with Crippen molar-refractivity contribution in [3.05, 3.63) is 23.9 Å². The third-order valence-corrected chi connectivity index (χ3v) is 7.10. The van der Waals surface area contributed by atoms with E-state index in [1.54, 1.807) is 12.1 Å². The zero-order valence-electron chi connectivity index (χ0n) is 16.8. The molecule has 7 nitrogen and oxygen atoms in total. The molecule has 0 aromatic carbocycles. The molecule has 7 heteroatoms. The first-order valence-electron chi connectivity index (χ1n) is 10.2. The molecule has 2 bridgehead atoms. The normalized spacial score (nSPS) is 31.1. The predicted molar refractivity (Wildman–Crippen MR) is 104 cm³/mol. The van der Waals surface area contributed by atoms with Gasteiger partial charge in [0, 0.05) is 43.1 Å². The number of aromatic nitrogens is 1. The molecule has 1 aromatic rings. The fourth-order valence-electron chi connectivity index (χ4n) is 4.95. The van der Waals surface area contributed by atoms with Crippen molar-refractivity contribution in [3.8, 4) is 0 Å². The Bertz CT molecular complexity index is 778. The topological polar surface area (TPSA) is 91.8 Å². The number of rotatable bonds is 6. The van der Waals surface area contributed by atoms with E-state index in [2.05, 4.69) is 15.2 Å². The van der Waals surface area contributed by atoms with Gasteiger partial charge < -0.3 is 20.1 Å². The lowest BCUT2D eigenvalue weighted by Gasteiger charge is -2.30. The van der Waals surface area contributed by atoms with Crippen LogP contribution in [0.2, 0.25) is 0 Å². The van der Waals surface area contributed by atoms with Gasteiger partial charge in [-0.05, 0) is 31.4 Å². The number of fused-ring (bicyclic) bond motifs is 1. The Morgan fingerprint density at radius 3 is 2.86 bits per heavy atom. The third-order valence-electron chi connectivity index (χ3n) is 7.10. The van der Waals surface area contributed by atoms with Gasteiger partial charge in [0.05, 0.1) is 17.3 Å². The Balaban J connectivity index is 1.46. The number of anilines is 1. The number of pyridine rings is 1. The van der Waals surface area contributed by atoms with Crippen LogP contribution in [0, 0.1) is 17.3 Å². The minimum Gasteiger partial charge on any atom is -0.478 e. The summed E-state index contributed by atoms with van der Waals surface area (Å²) in [6.45, 7) is 8.24. The predicted octanol–water partition coefficient (Wildman–Crippen LogP) is 2.32. The van der Waals surface area contributed by atoms with Gasteiger partial charge in [-0.2, -0.15) is 0 Å². The first-order valence-corrected chi connectivity index (χ1v) is 10.2. The van der Waals surface area contributed by atoms with Crippen molar-refractivity contribution in [2.75, 3.05) is 24.5 Å². The van der Waals surface area contributed by atoms with Gasteiger partial charge in [0.25, 0.3) is 0 Å². The van der Waals surface area contributed by atoms with Crippen molar-refractivity contribution in [2.24, 2.45) is 17.3 Å². The molecule has 4 rings (SSSR count). The van der Waals surface area contributed by atoms with Crippen molar-refractivity contribution in [1.82, 2.24) is 10.3 Å². The highest BCUT2D eigenvalue weighted by molar-refractivity contribution is 5.87. The molecule has 2 N–H and O–H groups in total. The lowest BCUT2D eigenvalue weighted by atomic mass is 9.73. The van der Waals surface area contributed by atoms with Crippen LogP contribution < -0.4 is 10.2 Å². The molecular formula is C21H29N3O4. The second-order valence-electron chi connectivity index (χ2n) is 9.07. The lowest BCUT2D eigenvalue weighted by Crippen LogP contribution is -2.44. The molecule has 0 aliphatic carbocycles. The summed E-state index contributed by atoms with van der Waals surface area (Å²) in [6, 6.07) is 3.37. The Morgan fingerprint density at radius 2 is 2.21 bits per heavy atom. The van der Waals surface area contributed by atoms with Gasteiger partial charge in [-0.25, -0.2) is 9.78 Å². The standard InChI is InChI=1S/C21H29N3O4/c1-4-20(2,3)19(27)23-10-14-15-11-24(12-21(15)8-7-16(14)28-21)17-6-5-13(9-22-17)18(25)26/h5-6,9,14-16H,4,7-8,10-12H2,1-3H3,(H,23,27)(H,25,26)/t14-,15+,16+,21+/m0/s1. The SMILES string of the molecule is CCC(C)(C)C(=O)NC[C@H]1[C@H]2CN(c3ccc(C(=O)O)cn3)C[C@]23CC[C@H]1O3. The summed E-state index contributed by atoms with van der Waals surface area (Å²) in [5, 5.41) is 12.2. The monoisotopic (exact) mass is 387 g/mol. The number of carboxylic acid groups (broad SMARTS) is 1. The van der Waals surface area contributed by atoms with Crippen LogP contribution in [0.25, 0.3) is 0 Å². The average Bonchev–Trinajstić information content (AvgIpc) is 3.34. The fourth-order valence-corrected chi connectivity index (χ4v) is 4.95. The zero-order valence-corrected chi connectivity index (χ0v) is 16.8. The number of nitrogens with one attached hydrogen (secondary N) is 1. The largest absolute Gasteiger partial charge is 0.478 e. The van der Waals surface area contributed by atoms with Gasteiger partial charge in [0.15, 0.2) is 0 Å². The van der Waals surface area contributed by atoms with Gasteiger partial charge in [-0.3, -0.25) is 4.79 Å². The van der Waals surface area contributed by atoms with Gasteiger partial charge in [0.2, 0.25) is 5.91 Å². The maximum atomic E-state index is 12.5. The quantitative estimate of drug-likeness (QED) is 0.778.